The van der Waals surface area contributed by atoms with Crippen LogP contribution < -0.4 is 14.2 Å². The molecule has 0 aliphatic heterocycles. The van der Waals surface area contributed by atoms with Crippen LogP contribution in [0, 0.1) is 0 Å². The van der Waals surface area contributed by atoms with Crippen LogP contribution in [-0.4, -0.2) is 25.8 Å². The number of nitrogens with zero attached hydrogens (tertiary/aromatic N) is 1. The van der Waals surface area contributed by atoms with Crippen molar-refractivity contribution in [2.75, 3.05) is 11.0 Å². The number of aromatic nitrogens is 1. The number of hydrogen-bond donors (Lipinski definition) is 1. The van der Waals surface area contributed by atoms with Crippen molar-refractivity contribution in [2.24, 2.45) is 0 Å². The van der Waals surface area contributed by atoms with Gasteiger partial charge in [-0.1, -0.05) is 24.3 Å². The van der Waals surface area contributed by atoms with Crippen LogP contribution in [0.25, 0.3) is 11.1 Å². The summed E-state index contributed by atoms with van der Waals surface area (Å²) in [5.41, 5.74) is 1.21. The highest BCUT2D eigenvalue weighted by Crippen LogP contribution is 2.34. The van der Waals surface area contributed by atoms with Crippen molar-refractivity contribution in [3.8, 4) is 22.8 Å². The third-order valence-electron chi connectivity index (χ3n) is 5.30. The lowest BCUT2D eigenvalue weighted by Crippen LogP contribution is -2.25. The predicted octanol–water partition coefficient (Wildman–Crippen LogP) is 5.65. The molecule has 1 saturated carbocycles. The van der Waals surface area contributed by atoms with Crippen LogP contribution in [0.15, 0.2) is 60.8 Å². The van der Waals surface area contributed by atoms with Crippen LogP contribution in [0.4, 0.5) is 18.9 Å². The molecule has 4 rings (SSSR count). The Hall–Kier alpha value is -3.27. The zero-order valence-electron chi connectivity index (χ0n) is 18.3. The number of hydrogen-bond acceptors (Lipinski definition) is 5. The first-order valence-corrected chi connectivity index (χ1v) is 12.5. The molecular formula is C24H23F3N2O4S. The number of anilines is 1. The molecular weight excluding hydrogens is 469 g/mol. The maximum Gasteiger partial charge on any atom is 0.416 e. The van der Waals surface area contributed by atoms with Crippen molar-refractivity contribution in [2.45, 2.75) is 38.1 Å². The molecule has 1 aliphatic carbocycles. The highest BCUT2D eigenvalue weighted by Gasteiger charge is 2.30. The van der Waals surface area contributed by atoms with E-state index in [2.05, 4.69) is 9.71 Å². The molecule has 34 heavy (non-hydrogen) atoms. The minimum atomic E-state index is -4.42. The number of alkyl halides is 3. The summed E-state index contributed by atoms with van der Waals surface area (Å²) >= 11 is 0. The predicted molar refractivity (Wildman–Crippen MR) is 122 cm³/mol. The monoisotopic (exact) mass is 492 g/mol. The molecule has 1 heterocycles. The molecule has 0 radical (unpaired) electrons. The minimum Gasteiger partial charge on any atom is -0.489 e. The molecule has 1 fully saturated rings. The normalized spacial score (nSPS) is 14.4. The van der Waals surface area contributed by atoms with E-state index in [0.717, 1.165) is 37.7 Å². The second-order valence-corrected chi connectivity index (χ2v) is 9.88. The van der Waals surface area contributed by atoms with Gasteiger partial charge in [-0.15, -0.1) is 0 Å². The summed E-state index contributed by atoms with van der Waals surface area (Å²) in [4.78, 5) is 4.32. The lowest BCUT2D eigenvalue weighted by Gasteiger charge is -2.26. The van der Waals surface area contributed by atoms with Gasteiger partial charge >= 0.3 is 6.18 Å². The zero-order chi connectivity index (χ0) is 24.3. The molecule has 180 valence electrons. The molecule has 0 spiro atoms. The van der Waals surface area contributed by atoms with Gasteiger partial charge in [-0.2, -0.15) is 13.2 Å². The first-order valence-electron chi connectivity index (χ1n) is 10.6. The Morgan fingerprint density at radius 1 is 1.06 bits per heavy atom. The molecule has 1 N–H and O–H groups in total. The molecule has 0 bridgehead atoms. The Kier molecular flexibility index (Phi) is 6.70. The van der Waals surface area contributed by atoms with Gasteiger partial charge in [0, 0.05) is 11.8 Å². The summed E-state index contributed by atoms with van der Waals surface area (Å²) in [6.07, 6.45) is 1.08. The van der Waals surface area contributed by atoms with Gasteiger partial charge in [-0.25, -0.2) is 13.4 Å². The smallest absolute Gasteiger partial charge is 0.416 e. The van der Waals surface area contributed by atoms with Crippen molar-refractivity contribution in [3.05, 3.63) is 71.9 Å². The first kappa shape index (κ1) is 23.9. The van der Waals surface area contributed by atoms with Gasteiger partial charge < -0.3 is 9.47 Å². The molecule has 0 amide bonds. The highest BCUT2D eigenvalue weighted by atomic mass is 32.2. The summed E-state index contributed by atoms with van der Waals surface area (Å²) in [6.45, 7) is -0.0410. The minimum absolute atomic E-state index is 0.0195. The third kappa shape index (κ3) is 6.19. The van der Waals surface area contributed by atoms with Gasteiger partial charge in [0.05, 0.1) is 11.8 Å². The largest absolute Gasteiger partial charge is 0.489 e. The third-order valence-corrected chi connectivity index (χ3v) is 5.89. The molecule has 1 aliphatic rings. The van der Waals surface area contributed by atoms with E-state index in [1.165, 1.54) is 6.07 Å². The maximum absolute atomic E-state index is 12.9. The Balaban J connectivity index is 1.54. The fourth-order valence-corrected chi connectivity index (χ4v) is 3.94. The average molecular weight is 493 g/mol. The number of halogens is 3. The molecule has 0 unspecified atom stereocenters. The van der Waals surface area contributed by atoms with Crippen LogP contribution >= 0.6 is 0 Å². The summed E-state index contributed by atoms with van der Waals surface area (Å²) in [6, 6.07) is 13.5. The van der Waals surface area contributed by atoms with Crippen molar-refractivity contribution in [1.82, 2.24) is 4.98 Å². The molecule has 0 atom stereocenters. The van der Waals surface area contributed by atoms with E-state index in [0.29, 0.717) is 22.4 Å². The summed E-state index contributed by atoms with van der Waals surface area (Å²) < 4.78 is 76.5. The van der Waals surface area contributed by atoms with Crippen molar-refractivity contribution in [3.63, 3.8) is 0 Å². The van der Waals surface area contributed by atoms with Crippen LogP contribution in [-0.2, 0) is 22.8 Å². The fraction of sp³-hybridized carbons (Fsp3) is 0.292. The number of sulfonamides is 1. The molecule has 0 saturated heterocycles. The van der Waals surface area contributed by atoms with Gasteiger partial charge in [0.2, 0.25) is 15.9 Å². The van der Waals surface area contributed by atoms with Gasteiger partial charge in [-0.3, -0.25) is 4.72 Å². The van der Waals surface area contributed by atoms with Crippen LogP contribution in [0.1, 0.15) is 30.4 Å². The molecule has 10 heteroatoms. The number of nitrogens with one attached hydrogen (secondary N) is 1. The van der Waals surface area contributed by atoms with Crippen molar-refractivity contribution < 1.29 is 31.1 Å². The maximum atomic E-state index is 12.9. The standard InChI is InChI=1S/C24H23F3N2O4S/c1-34(30,31)29-22-13-18(14-28-23(22)33-20-8-4-9-20)17-6-3-10-21(12-17)32-15-16-5-2-7-19(11-16)24(25,26)27/h2-3,5-7,10-14,20,29H,4,8-9,15H2,1H3. The van der Waals surface area contributed by atoms with Gasteiger partial charge in [0.15, 0.2) is 0 Å². The van der Waals surface area contributed by atoms with Crippen LogP contribution in [0.2, 0.25) is 0 Å². The lowest BCUT2D eigenvalue weighted by molar-refractivity contribution is -0.137. The Morgan fingerprint density at radius 3 is 2.50 bits per heavy atom. The first-order chi connectivity index (χ1) is 16.1. The SMILES string of the molecule is CS(=O)(=O)Nc1cc(-c2cccc(OCc3cccc(C(F)(F)F)c3)c2)cnc1OC1CCC1. The van der Waals surface area contributed by atoms with Gasteiger partial charge in [0.25, 0.3) is 0 Å². The average Bonchev–Trinajstić information content (AvgIpc) is 2.74. The van der Waals surface area contributed by atoms with E-state index in [4.69, 9.17) is 9.47 Å². The fourth-order valence-electron chi connectivity index (χ4n) is 3.39. The second kappa shape index (κ2) is 9.54. The highest BCUT2D eigenvalue weighted by molar-refractivity contribution is 7.92. The van der Waals surface area contributed by atoms with Crippen molar-refractivity contribution in [1.29, 1.82) is 0 Å². The topological polar surface area (TPSA) is 77.5 Å². The molecule has 6 nitrogen and oxygen atoms in total. The Morgan fingerprint density at radius 2 is 1.82 bits per heavy atom. The summed E-state index contributed by atoms with van der Waals surface area (Å²) in [5.74, 6) is 0.665. The van der Waals surface area contributed by atoms with Gasteiger partial charge in [-0.05, 0) is 60.7 Å². The Bertz CT molecular complexity index is 1280. The van der Waals surface area contributed by atoms with E-state index >= 15 is 0 Å². The van der Waals surface area contributed by atoms with Crippen LogP contribution in [0.3, 0.4) is 0 Å². The lowest BCUT2D eigenvalue weighted by atomic mass is 9.96. The van der Waals surface area contributed by atoms with E-state index in [1.54, 1.807) is 42.6 Å². The molecule has 3 aromatic rings. The zero-order valence-corrected chi connectivity index (χ0v) is 19.1. The van der Waals surface area contributed by atoms with E-state index in [-0.39, 0.29) is 24.3 Å². The number of pyridine rings is 1. The van der Waals surface area contributed by atoms with E-state index < -0.39 is 21.8 Å². The van der Waals surface area contributed by atoms with Crippen molar-refractivity contribution >= 4 is 15.7 Å². The van der Waals surface area contributed by atoms with Crippen LogP contribution in [0.5, 0.6) is 11.6 Å². The molecule has 1 aromatic heterocycles. The number of rotatable bonds is 8. The number of benzene rings is 2. The second-order valence-electron chi connectivity index (χ2n) is 8.14. The summed E-state index contributed by atoms with van der Waals surface area (Å²) in [7, 11) is -3.56. The van der Waals surface area contributed by atoms with E-state index in [9.17, 15) is 21.6 Å². The molecule has 2 aromatic carbocycles. The van der Waals surface area contributed by atoms with Gasteiger partial charge in [0.1, 0.15) is 24.1 Å². The van der Waals surface area contributed by atoms with E-state index in [1.807, 2.05) is 0 Å². The Labute approximate surface area is 195 Å². The quantitative estimate of drug-likeness (QED) is 0.440. The number of ether oxygens (including phenoxy) is 2. The summed E-state index contributed by atoms with van der Waals surface area (Å²) in [5, 5.41) is 0.